The van der Waals surface area contributed by atoms with Crippen molar-refractivity contribution in [1.29, 1.82) is 0 Å². The molecule has 0 aliphatic rings. The Morgan fingerprint density at radius 2 is 1.43 bits per heavy atom. The van der Waals surface area contributed by atoms with Gasteiger partial charge in [0, 0.05) is 11.5 Å². The van der Waals surface area contributed by atoms with E-state index < -0.39 is 60.7 Å². The number of carboxylic acid groups (broad SMARTS) is 2. The second-order valence-corrected chi connectivity index (χ2v) is 9.23. The van der Waals surface area contributed by atoms with Crippen LogP contribution in [0.2, 0.25) is 0 Å². The van der Waals surface area contributed by atoms with Gasteiger partial charge >= 0.3 is 30.8 Å². The molecule has 0 spiro atoms. The Balaban J connectivity index is -0.00000180. The number of hydrogen-bond acceptors (Lipinski definition) is 6. The van der Waals surface area contributed by atoms with Crippen LogP contribution in [0.5, 0.6) is 0 Å². The van der Waals surface area contributed by atoms with Gasteiger partial charge in [-0.25, -0.2) is 16.8 Å². The molecule has 2 atom stereocenters. The zero-order valence-corrected chi connectivity index (χ0v) is 13.8. The predicted octanol–water partition coefficient (Wildman–Crippen LogP) is -3.34. The molecular formula is C10H19LiO8S2. The first-order valence-corrected chi connectivity index (χ1v) is 9.28. The monoisotopic (exact) mass is 338 g/mol. The molecule has 0 saturated heterocycles. The van der Waals surface area contributed by atoms with Crippen molar-refractivity contribution in [2.45, 2.75) is 37.2 Å². The Hall–Kier alpha value is -0.563. The minimum absolute atomic E-state index is 0. The van der Waals surface area contributed by atoms with Gasteiger partial charge in [0.1, 0.15) is 0 Å². The first-order chi connectivity index (χ1) is 8.97. The molecule has 0 aromatic heterocycles. The molecule has 0 amide bonds. The normalized spacial score (nSPS) is 14.8. The SMILES string of the molecule is CCS(=O)(=O)C(CC(=O)O)CC(C(=O)O)S(=O)(=O)CC.[H-].[Li+]. The van der Waals surface area contributed by atoms with Crippen molar-refractivity contribution < 1.29 is 56.9 Å². The molecule has 0 saturated carbocycles. The van der Waals surface area contributed by atoms with Gasteiger partial charge in [0.2, 0.25) is 0 Å². The first kappa shape index (κ1) is 22.7. The number of sulfone groups is 2. The van der Waals surface area contributed by atoms with Gasteiger partial charge in [-0.3, -0.25) is 9.59 Å². The number of carboxylic acids is 2. The summed E-state index contributed by atoms with van der Waals surface area (Å²) in [6, 6.07) is 0. The van der Waals surface area contributed by atoms with Crippen LogP contribution in [0.15, 0.2) is 0 Å². The number of hydrogen-bond donors (Lipinski definition) is 2. The standard InChI is InChI=1S/C10H18O8S2.Li.H/c1-3-19(15,16)7(6-9(11)12)5-8(10(13)14)20(17,18)4-2;;/h7-8H,3-6H2,1-2H3,(H,11,12)(H,13,14);;/q;+1;-1. The van der Waals surface area contributed by atoms with E-state index >= 15 is 0 Å². The van der Waals surface area contributed by atoms with Gasteiger partial charge in [0.15, 0.2) is 24.9 Å². The molecule has 2 unspecified atom stereocenters. The minimum atomic E-state index is -4.02. The molecule has 0 fully saturated rings. The fourth-order valence-electron chi connectivity index (χ4n) is 1.63. The molecule has 8 nitrogen and oxygen atoms in total. The van der Waals surface area contributed by atoms with Crippen LogP contribution >= 0.6 is 0 Å². The zero-order valence-electron chi connectivity index (χ0n) is 13.1. The summed E-state index contributed by atoms with van der Waals surface area (Å²) in [5, 5.41) is 14.2. The van der Waals surface area contributed by atoms with Crippen molar-refractivity contribution >= 4 is 31.6 Å². The van der Waals surface area contributed by atoms with Gasteiger partial charge in [0.25, 0.3) is 0 Å². The van der Waals surface area contributed by atoms with E-state index in [2.05, 4.69) is 0 Å². The van der Waals surface area contributed by atoms with Crippen LogP contribution < -0.4 is 18.9 Å². The molecule has 0 rings (SSSR count). The van der Waals surface area contributed by atoms with Crippen molar-refractivity contribution in [3.8, 4) is 0 Å². The van der Waals surface area contributed by atoms with Gasteiger partial charge in [-0.2, -0.15) is 0 Å². The summed E-state index contributed by atoms with van der Waals surface area (Å²) in [5.41, 5.74) is 0. The van der Waals surface area contributed by atoms with Crippen molar-refractivity contribution in [2.75, 3.05) is 11.5 Å². The third-order valence-corrected chi connectivity index (χ3v) is 7.15. The van der Waals surface area contributed by atoms with Crippen LogP contribution in [-0.4, -0.2) is 61.0 Å². The largest absolute Gasteiger partial charge is 1.00 e. The molecule has 0 radical (unpaired) electrons. The molecule has 120 valence electrons. The third kappa shape index (κ3) is 6.82. The van der Waals surface area contributed by atoms with Gasteiger partial charge in [-0.1, -0.05) is 13.8 Å². The predicted molar refractivity (Wildman–Crippen MR) is 72.1 cm³/mol. The average Bonchev–Trinajstić information content (AvgIpc) is 2.32. The van der Waals surface area contributed by atoms with Crippen molar-refractivity contribution in [3.63, 3.8) is 0 Å². The molecular weight excluding hydrogens is 319 g/mol. The Labute approximate surface area is 137 Å². The van der Waals surface area contributed by atoms with E-state index in [0.29, 0.717) is 0 Å². The van der Waals surface area contributed by atoms with Crippen LogP contribution in [0.1, 0.15) is 28.1 Å². The van der Waals surface area contributed by atoms with E-state index in [1.165, 1.54) is 13.8 Å². The first-order valence-electron chi connectivity index (χ1n) is 5.85. The molecule has 21 heavy (non-hydrogen) atoms. The molecule has 0 aromatic carbocycles. The van der Waals surface area contributed by atoms with Crippen LogP contribution in [0.3, 0.4) is 0 Å². The van der Waals surface area contributed by atoms with Gasteiger partial charge in [-0.15, -0.1) is 0 Å². The van der Waals surface area contributed by atoms with E-state index in [4.69, 9.17) is 10.2 Å². The summed E-state index contributed by atoms with van der Waals surface area (Å²) in [4.78, 5) is 21.7. The smallest absolute Gasteiger partial charge is 1.00 e. The van der Waals surface area contributed by atoms with E-state index in [0.717, 1.165) is 0 Å². The molecule has 0 aliphatic heterocycles. The summed E-state index contributed by atoms with van der Waals surface area (Å²) >= 11 is 0. The molecule has 0 bridgehead atoms. The number of aliphatic carboxylic acids is 2. The van der Waals surface area contributed by atoms with Gasteiger partial charge < -0.3 is 11.6 Å². The molecule has 11 heteroatoms. The average molecular weight is 338 g/mol. The number of rotatable bonds is 9. The van der Waals surface area contributed by atoms with E-state index in [-0.39, 0.29) is 26.0 Å². The summed E-state index contributed by atoms with van der Waals surface area (Å²) in [5.74, 6) is -3.95. The fraction of sp³-hybridized carbons (Fsp3) is 0.800. The molecule has 0 aromatic rings. The van der Waals surface area contributed by atoms with Crippen LogP contribution in [-0.2, 0) is 29.3 Å². The van der Waals surface area contributed by atoms with Crippen LogP contribution in [0.25, 0.3) is 0 Å². The Morgan fingerprint density at radius 3 is 1.71 bits per heavy atom. The Bertz CT molecular complexity index is 572. The minimum Gasteiger partial charge on any atom is -1.00 e. The van der Waals surface area contributed by atoms with Crippen LogP contribution in [0.4, 0.5) is 0 Å². The maximum Gasteiger partial charge on any atom is 1.00 e. The van der Waals surface area contributed by atoms with Crippen molar-refractivity contribution in [2.24, 2.45) is 0 Å². The maximum absolute atomic E-state index is 11.8. The second kappa shape index (κ2) is 8.78. The zero-order chi connectivity index (χ0) is 16.1. The second-order valence-electron chi connectivity index (χ2n) is 4.19. The number of carbonyl (C=O) groups is 2. The fourth-order valence-corrected chi connectivity index (χ4v) is 4.34. The van der Waals surface area contributed by atoms with Crippen LogP contribution in [0, 0.1) is 0 Å². The van der Waals surface area contributed by atoms with E-state index in [1.807, 2.05) is 0 Å². The summed E-state index contributed by atoms with van der Waals surface area (Å²) in [7, 11) is -7.88. The summed E-state index contributed by atoms with van der Waals surface area (Å²) < 4.78 is 46.8. The molecule has 2 N–H and O–H groups in total. The molecule has 0 aliphatic carbocycles. The van der Waals surface area contributed by atoms with E-state index in [1.54, 1.807) is 0 Å². The van der Waals surface area contributed by atoms with Crippen molar-refractivity contribution in [3.05, 3.63) is 0 Å². The molecule has 0 heterocycles. The van der Waals surface area contributed by atoms with Crippen molar-refractivity contribution in [1.82, 2.24) is 0 Å². The Kier molecular flexibility index (Phi) is 9.49. The topological polar surface area (TPSA) is 143 Å². The Morgan fingerprint density at radius 1 is 1.00 bits per heavy atom. The summed E-state index contributed by atoms with van der Waals surface area (Å²) in [6.07, 6.45) is -1.58. The summed E-state index contributed by atoms with van der Waals surface area (Å²) in [6.45, 7) is 2.53. The maximum atomic E-state index is 11.8. The van der Waals surface area contributed by atoms with E-state index in [9.17, 15) is 26.4 Å². The quantitative estimate of drug-likeness (QED) is 0.415. The van der Waals surface area contributed by atoms with Gasteiger partial charge in [0.05, 0.1) is 11.7 Å². The third-order valence-electron chi connectivity index (χ3n) is 2.90. The van der Waals surface area contributed by atoms with Gasteiger partial charge in [-0.05, 0) is 6.42 Å².